The van der Waals surface area contributed by atoms with Crippen LogP contribution in [0, 0.1) is 17.7 Å². The molecule has 21 heavy (non-hydrogen) atoms. The van der Waals surface area contributed by atoms with Gasteiger partial charge in [-0.2, -0.15) is 5.10 Å². The van der Waals surface area contributed by atoms with Crippen molar-refractivity contribution in [2.24, 2.45) is 0 Å². The maximum Gasteiger partial charge on any atom is 0.264 e. The van der Waals surface area contributed by atoms with Crippen LogP contribution in [-0.4, -0.2) is 27.8 Å². The van der Waals surface area contributed by atoms with Gasteiger partial charge in [-0.3, -0.25) is 9.59 Å². The standard InChI is InChI=1S/C14H10FN3O3/c15-10-4-3-9(2-1-7-19)11(8-10)14(21)16-12-5-6-13(20)18-17-12/h3-6,8,19H,7H2,(H,18,20)(H,16,17,21). The van der Waals surface area contributed by atoms with Gasteiger partial charge in [0.1, 0.15) is 12.4 Å². The van der Waals surface area contributed by atoms with E-state index < -0.39 is 17.3 Å². The Balaban J connectivity index is 2.31. The van der Waals surface area contributed by atoms with Gasteiger partial charge in [-0.25, -0.2) is 9.49 Å². The highest BCUT2D eigenvalue weighted by molar-refractivity contribution is 6.05. The molecule has 1 heterocycles. The zero-order valence-corrected chi connectivity index (χ0v) is 10.7. The van der Waals surface area contributed by atoms with Gasteiger partial charge in [-0.1, -0.05) is 11.8 Å². The Bertz CT molecular complexity index is 770. The van der Waals surface area contributed by atoms with Crippen molar-refractivity contribution in [3.8, 4) is 11.8 Å². The highest BCUT2D eigenvalue weighted by Gasteiger charge is 2.12. The Morgan fingerprint density at radius 1 is 1.38 bits per heavy atom. The molecule has 1 amide bonds. The molecule has 2 rings (SSSR count). The van der Waals surface area contributed by atoms with Crippen molar-refractivity contribution in [1.82, 2.24) is 10.2 Å². The first kappa shape index (κ1) is 14.4. The molecule has 0 aliphatic rings. The van der Waals surface area contributed by atoms with Crippen LogP contribution in [0.1, 0.15) is 15.9 Å². The molecule has 7 heteroatoms. The number of H-pyrrole nitrogens is 1. The number of nitrogens with one attached hydrogen (secondary N) is 2. The second kappa shape index (κ2) is 6.45. The zero-order valence-electron chi connectivity index (χ0n) is 10.7. The number of carbonyl (C=O) groups is 1. The molecule has 0 spiro atoms. The third-order valence-corrected chi connectivity index (χ3v) is 2.45. The lowest BCUT2D eigenvalue weighted by Crippen LogP contribution is -2.17. The maximum absolute atomic E-state index is 13.3. The topological polar surface area (TPSA) is 95.1 Å². The summed E-state index contributed by atoms with van der Waals surface area (Å²) in [6.45, 7) is -0.375. The Morgan fingerprint density at radius 2 is 2.19 bits per heavy atom. The van der Waals surface area contributed by atoms with Gasteiger partial charge in [-0.05, 0) is 24.3 Å². The fourth-order valence-corrected chi connectivity index (χ4v) is 1.55. The van der Waals surface area contributed by atoms with Crippen molar-refractivity contribution in [1.29, 1.82) is 0 Å². The molecule has 1 aromatic carbocycles. The number of hydrogen-bond acceptors (Lipinski definition) is 4. The van der Waals surface area contributed by atoms with Crippen molar-refractivity contribution < 1.29 is 14.3 Å². The number of aromatic nitrogens is 2. The summed E-state index contributed by atoms with van der Waals surface area (Å²) in [5.74, 6) is 3.84. The van der Waals surface area contributed by atoms with Crippen molar-refractivity contribution in [3.05, 3.63) is 57.6 Å². The average molecular weight is 287 g/mol. The quantitative estimate of drug-likeness (QED) is 0.701. The second-order valence-electron chi connectivity index (χ2n) is 3.91. The lowest BCUT2D eigenvalue weighted by molar-refractivity contribution is 0.102. The molecular weight excluding hydrogens is 277 g/mol. The smallest absolute Gasteiger partial charge is 0.264 e. The predicted octanol–water partition coefficient (Wildman–Crippen LogP) is 0.505. The molecule has 0 saturated heterocycles. The van der Waals surface area contributed by atoms with Gasteiger partial charge < -0.3 is 10.4 Å². The molecule has 0 atom stereocenters. The van der Waals surface area contributed by atoms with Gasteiger partial charge in [0.2, 0.25) is 0 Å². The predicted molar refractivity (Wildman–Crippen MR) is 73.2 cm³/mol. The molecule has 0 bridgehead atoms. The van der Waals surface area contributed by atoms with E-state index in [0.29, 0.717) is 0 Å². The summed E-state index contributed by atoms with van der Waals surface area (Å²) in [4.78, 5) is 23.0. The molecule has 0 aliphatic heterocycles. The van der Waals surface area contributed by atoms with Crippen LogP contribution in [0.15, 0.2) is 35.1 Å². The number of aliphatic hydroxyl groups is 1. The molecule has 6 nitrogen and oxygen atoms in total. The molecular formula is C14H10FN3O3. The minimum absolute atomic E-state index is 0.00366. The first-order valence-corrected chi connectivity index (χ1v) is 5.86. The second-order valence-corrected chi connectivity index (χ2v) is 3.91. The largest absolute Gasteiger partial charge is 0.384 e. The van der Waals surface area contributed by atoms with E-state index in [4.69, 9.17) is 5.11 Å². The van der Waals surface area contributed by atoms with Crippen LogP contribution in [0.2, 0.25) is 0 Å². The normalized spacial score (nSPS) is 9.62. The van der Waals surface area contributed by atoms with Crippen molar-refractivity contribution in [2.75, 3.05) is 11.9 Å². The summed E-state index contributed by atoms with van der Waals surface area (Å²) in [5.41, 5.74) is -0.135. The number of carbonyl (C=O) groups excluding carboxylic acids is 1. The third kappa shape index (κ3) is 3.75. The van der Waals surface area contributed by atoms with Crippen LogP contribution in [0.25, 0.3) is 0 Å². The fourth-order valence-electron chi connectivity index (χ4n) is 1.55. The Kier molecular flexibility index (Phi) is 4.43. The van der Waals surface area contributed by atoms with E-state index in [2.05, 4.69) is 27.4 Å². The number of amides is 1. The van der Waals surface area contributed by atoms with Gasteiger partial charge in [-0.15, -0.1) is 0 Å². The summed E-state index contributed by atoms with van der Waals surface area (Å²) < 4.78 is 13.3. The minimum atomic E-state index is -0.628. The van der Waals surface area contributed by atoms with E-state index in [1.54, 1.807) is 0 Å². The Hall–Kier alpha value is -2.98. The van der Waals surface area contributed by atoms with Gasteiger partial charge in [0.05, 0.1) is 5.56 Å². The molecule has 0 radical (unpaired) electrons. The summed E-state index contributed by atoms with van der Waals surface area (Å²) in [5, 5.41) is 16.9. The molecule has 106 valence electrons. The maximum atomic E-state index is 13.3. The summed E-state index contributed by atoms with van der Waals surface area (Å²) >= 11 is 0. The first-order chi connectivity index (χ1) is 10.1. The van der Waals surface area contributed by atoms with E-state index in [0.717, 1.165) is 12.1 Å². The fraction of sp³-hybridized carbons (Fsp3) is 0.0714. The number of rotatable bonds is 2. The molecule has 0 aliphatic carbocycles. The molecule has 3 N–H and O–H groups in total. The van der Waals surface area contributed by atoms with Crippen molar-refractivity contribution in [2.45, 2.75) is 0 Å². The number of benzene rings is 1. The van der Waals surface area contributed by atoms with Crippen LogP contribution in [0.3, 0.4) is 0 Å². The van der Waals surface area contributed by atoms with Crippen molar-refractivity contribution in [3.63, 3.8) is 0 Å². The van der Waals surface area contributed by atoms with Gasteiger partial charge >= 0.3 is 0 Å². The Morgan fingerprint density at radius 3 is 2.86 bits per heavy atom. The number of hydrogen-bond donors (Lipinski definition) is 3. The molecule has 0 saturated carbocycles. The number of anilines is 1. The molecule has 1 aromatic heterocycles. The molecule has 2 aromatic rings. The SMILES string of the molecule is O=C(Nc1ccc(=O)[nH]n1)c1cc(F)ccc1C#CCO. The highest BCUT2D eigenvalue weighted by atomic mass is 19.1. The summed E-state index contributed by atoms with van der Waals surface area (Å²) in [6, 6.07) is 6.04. The van der Waals surface area contributed by atoms with E-state index in [1.807, 2.05) is 0 Å². The van der Waals surface area contributed by atoms with Crippen LogP contribution < -0.4 is 10.9 Å². The van der Waals surface area contributed by atoms with E-state index in [1.165, 1.54) is 18.2 Å². The lowest BCUT2D eigenvalue weighted by atomic mass is 10.1. The average Bonchev–Trinajstić information content (AvgIpc) is 2.48. The molecule has 0 unspecified atom stereocenters. The van der Waals surface area contributed by atoms with Gasteiger partial charge in [0, 0.05) is 11.6 Å². The first-order valence-electron chi connectivity index (χ1n) is 5.86. The van der Waals surface area contributed by atoms with Crippen molar-refractivity contribution >= 4 is 11.7 Å². The molecule has 0 fully saturated rings. The van der Waals surface area contributed by atoms with Crippen LogP contribution in [-0.2, 0) is 0 Å². The van der Waals surface area contributed by atoms with Gasteiger partial charge in [0.15, 0.2) is 5.82 Å². The Labute approximate surface area is 118 Å². The van der Waals surface area contributed by atoms with E-state index in [9.17, 15) is 14.0 Å². The van der Waals surface area contributed by atoms with E-state index in [-0.39, 0.29) is 23.6 Å². The zero-order chi connectivity index (χ0) is 15.2. The minimum Gasteiger partial charge on any atom is -0.384 e. The lowest BCUT2D eigenvalue weighted by Gasteiger charge is -2.06. The number of aliphatic hydroxyl groups excluding tert-OH is 1. The van der Waals surface area contributed by atoms with Crippen LogP contribution in [0.4, 0.5) is 10.2 Å². The third-order valence-electron chi connectivity index (χ3n) is 2.45. The van der Waals surface area contributed by atoms with Crippen LogP contribution in [0.5, 0.6) is 0 Å². The van der Waals surface area contributed by atoms with Crippen LogP contribution >= 0.6 is 0 Å². The highest BCUT2D eigenvalue weighted by Crippen LogP contribution is 2.12. The summed E-state index contributed by atoms with van der Waals surface area (Å²) in [6.07, 6.45) is 0. The number of aromatic amines is 1. The van der Waals surface area contributed by atoms with Gasteiger partial charge in [0.25, 0.3) is 11.5 Å². The van der Waals surface area contributed by atoms with E-state index >= 15 is 0 Å². The number of halogens is 1. The monoisotopic (exact) mass is 287 g/mol. The summed E-state index contributed by atoms with van der Waals surface area (Å²) in [7, 11) is 0. The number of nitrogens with zero attached hydrogens (tertiary/aromatic N) is 1.